The summed E-state index contributed by atoms with van der Waals surface area (Å²) in [4.78, 5) is 14.6. The van der Waals surface area contributed by atoms with Crippen LogP contribution in [0.2, 0.25) is 0 Å². The van der Waals surface area contributed by atoms with Crippen LogP contribution in [0.5, 0.6) is 0 Å². The number of carbonyl (C=O) groups excluding carboxylic acids is 1. The van der Waals surface area contributed by atoms with Gasteiger partial charge in [-0.3, -0.25) is 9.48 Å². The van der Waals surface area contributed by atoms with Crippen molar-refractivity contribution >= 4 is 5.91 Å². The van der Waals surface area contributed by atoms with Gasteiger partial charge in [0.15, 0.2) is 0 Å². The Hall–Kier alpha value is -2.14. The maximum absolute atomic E-state index is 12.9. The molecule has 1 atom stereocenters. The molecule has 0 aliphatic rings. The molecule has 0 spiro atoms. The summed E-state index contributed by atoms with van der Waals surface area (Å²) >= 11 is 0. The molecule has 2 aromatic rings. The largest absolute Gasteiger partial charge is 0.395 e. The zero-order chi connectivity index (χ0) is 17.7. The number of carbonyl (C=O) groups is 1. The van der Waals surface area contributed by atoms with E-state index < -0.39 is 0 Å². The minimum atomic E-state index is -0.151. The minimum Gasteiger partial charge on any atom is -0.395 e. The van der Waals surface area contributed by atoms with Crippen molar-refractivity contribution in [3.05, 3.63) is 52.8 Å². The second-order valence-electron chi connectivity index (χ2n) is 6.35. The normalized spacial score (nSPS) is 12.2. The van der Waals surface area contributed by atoms with Crippen LogP contribution in [0, 0.1) is 19.8 Å². The Morgan fingerprint density at radius 1 is 1.29 bits per heavy atom. The molecule has 2 rings (SSSR count). The Morgan fingerprint density at radius 3 is 2.50 bits per heavy atom. The molecule has 0 aliphatic carbocycles. The van der Waals surface area contributed by atoms with Gasteiger partial charge in [-0.15, -0.1) is 0 Å². The third kappa shape index (κ3) is 4.23. The monoisotopic (exact) mass is 329 g/mol. The second-order valence-corrected chi connectivity index (χ2v) is 6.35. The molecule has 24 heavy (non-hydrogen) atoms. The highest BCUT2D eigenvalue weighted by molar-refractivity contribution is 5.79. The Morgan fingerprint density at radius 2 is 1.96 bits per heavy atom. The standard InChI is InChI=1S/C19H27N3O2/c1-14(12-18-15(2)20-21(4)16(18)3)19(24)22(10-11-23)13-17-8-6-5-7-9-17/h5-9,14,23H,10-13H2,1-4H3. The first-order chi connectivity index (χ1) is 11.4. The molecule has 1 aromatic heterocycles. The first kappa shape index (κ1) is 18.2. The zero-order valence-electron chi connectivity index (χ0n) is 15.0. The van der Waals surface area contributed by atoms with Crippen molar-refractivity contribution in [3.8, 4) is 0 Å². The summed E-state index contributed by atoms with van der Waals surface area (Å²) in [5.74, 6) is -0.0857. The minimum absolute atomic E-state index is 0.0315. The highest BCUT2D eigenvalue weighted by Crippen LogP contribution is 2.19. The van der Waals surface area contributed by atoms with Crippen molar-refractivity contribution in [2.75, 3.05) is 13.2 Å². The summed E-state index contributed by atoms with van der Waals surface area (Å²) in [6.45, 7) is 6.80. The van der Waals surface area contributed by atoms with Gasteiger partial charge in [0.05, 0.1) is 12.3 Å². The first-order valence-electron chi connectivity index (χ1n) is 8.36. The molecule has 0 radical (unpaired) electrons. The molecule has 0 bridgehead atoms. The van der Waals surface area contributed by atoms with Gasteiger partial charge in [-0.2, -0.15) is 5.10 Å². The van der Waals surface area contributed by atoms with Gasteiger partial charge in [0.1, 0.15) is 0 Å². The maximum Gasteiger partial charge on any atom is 0.226 e. The number of hydrogen-bond donors (Lipinski definition) is 1. The Balaban J connectivity index is 2.10. The molecule has 130 valence electrons. The number of aliphatic hydroxyl groups excluding tert-OH is 1. The maximum atomic E-state index is 12.9. The summed E-state index contributed by atoms with van der Waals surface area (Å²) < 4.78 is 1.86. The highest BCUT2D eigenvalue weighted by Gasteiger charge is 2.23. The van der Waals surface area contributed by atoms with E-state index >= 15 is 0 Å². The lowest BCUT2D eigenvalue weighted by atomic mass is 9.98. The number of aryl methyl sites for hydroxylation is 2. The number of benzene rings is 1. The van der Waals surface area contributed by atoms with Gasteiger partial charge in [0, 0.05) is 31.7 Å². The van der Waals surface area contributed by atoms with Crippen LogP contribution in [0.15, 0.2) is 30.3 Å². The molecule has 0 saturated carbocycles. The van der Waals surface area contributed by atoms with Crippen LogP contribution in [-0.2, 0) is 24.8 Å². The number of rotatable bonds is 7. The molecular weight excluding hydrogens is 302 g/mol. The van der Waals surface area contributed by atoms with E-state index in [9.17, 15) is 9.90 Å². The Kier molecular flexibility index (Phi) is 6.15. The number of aliphatic hydroxyl groups is 1. The highest BCUT2D eigenvalue weighted by atomic mass is 16.3. The van der Waals surface area contributed by atoms with Gasteiger partial charge in [0.25, 0.3) is 0 Å². The van der Waals surface area contributed by atoms with Crippen LogP contribution in [-0.4, -0.2) is 38.8 Å². The van der Waals surface area contributed by atoms with Gasteiger partial charge >= 0.3 is 0 Å². The molecule has 1 amide bonds. The molecule has 5 nitrogen and oxygen atoms in total. The van der Waals surface area contributed by atoms with Crippen LogP contribution in [0.25, 0.3) is 0 Å². The third-order valence-electron chi connectivity index (χ3n) is 4.49. The number of aromatic nitrogens is 2. The molecular formula is C19H27N3O2. The van der Waals surface area contributed by atoms with Gasteiger partial charge in [-0.25, -0.2) is 0 Å². The number of nitrogens with zero attached hydrogens (tertiary/aromatic N) is 3. The summed E-state index contributed by atoms with van der Waals surface area (Å²) in [6.07, 6.45) is 0.668. The van der Waals surface area contributed by atoms with E-state index in [1.807, 2.05) is 62.8 Å². The van der Waals surface area contributed by atoms with E-state index in [4.69, 9.17) is 0 Å². The average molecular weight is 329 g/mol. The molecule has 1 aromatic carbocycles. The predicted octanol–water partition coefficient (Wildman–Crippen LogP) is 2.24. The predicted molar refractivity (Wildman–Crippen MR) is 94.5 cm³/mol. The van der Waals surface area contributed by atoms with Crippen molar-refractivity contribution in [1.29, 1.82) is 0 Å². The molecule has 0 saturated heterocycles. The van der Waals surface area contributed by atoms with Crippen molar-refractivity contribution in [3.63, 3.8) is 0 Å². The lowest BCUT2D eigenvalue weighted by molar-refractivity contribution is -0.136. The molecule has 1 unspecified atom stereocenters. The van der Waals surface area contributed by atoms with Crippen molar-refractivity contribution < 1.29 is 9.90 Å². The van der Waals surface area contributed by atoms with Crippen LogP contribution in [0.4, 0.5) is 0 Å². The molecule has 0 aliphatic heterocycles. The van der Waals surface area contributed by atoms with Crippen LogP contribution < -0.4 is 0 Å². The van der Waals surface area contributed by atoms with Crippen LogP contribution in [0.1, 0.15) is 29.4 Å². The van der Waals surface area contributed by atoms with E-state index in [1.165, 1.54) is 0 Å². The summed E-state index contributed by atoms with van der Waals surface area (Å²) in [5.41, 5.74) is 4.29. The van der Waals surface area contributed by atoms with Crippen molar-refractivity contribution in [1.82, 2.24) is 14.7 Å². The molecule has 0 fully saturated rings. The third-order valence-corrected chi connectivity index (χ3v) is 4.49. The fourth-order valence-corrected chi connectivity index (χ4v) is 3.01. The summed E-state index contributed by atoms with van der Waals surface area (Å²) in [7, 11) is 1.92. The van der Waals surface area contributed by atoms with Crippen molar-refractivity contribution in [2.45, 2.75) is 33.7 Å². The van der Waals surface area contributed by atoms with E-state index in [-0.39, 0.29) is 18.4 Å². The van der Waals surface area contributed by atoms with E-state index in [1.54, 1.807) is 4.90 Å². The van der Waals surface area contributed by atoms with Gasteiger partial charge in [-0.1, -0.05) is 37.3 Å². The van der Waals surface area contributed by atoms with Crippen LogP contribution >= 0.6 is 0 Å². The lowest BCUT2D eigenvalue weighted by Crippen LogP contribution is -2.37. The molecule has 5 heteroatoms. The first-order valence-corrected chi connectivity index (χ1v) is 8.36. The lowest BCUT2D eigenvalue weighted by Gasteiger charge is -2.25. The fraction of sp³-hybridized carbons (Fsp3) is 0.474. The van der Waals surface area contributed by atoms with Gasteiger partial charge in [-0.05, 0) is 31.4 Å². The zero-order valence-corrected chi connectivity index (χ0v) is 15.0. The summed E-state index contributed by atoms with van der Waals surface area (Å²) in [5, 5.41) is 13.7. The van der Waals surface area contributed by atoms with E-state index in [0.717, 1.165) is 22.5 Å². The smallest absolute Gasteiger partial charge is 0.226 e. The SMILES string of the molecule is Cc1nn(C)c(C)c1CC(C)C(=O)N(CCO)Cc1ccccc1. The van der Waals surface area contributed by atoms with Crippen molar-refractivity contribution in [2.24, 2.45) is 13.0 Å². The fourth-order valence-electron chi connectivity index (χ4n) is 3.01. The Bertz CT molecular complexity index is 679. The second kappa shape index (κ2) is 8.11. The van der Waals surface area contributed by atoms with Crippen LogP contribution in [0.3, 0.4) is 0 Å². The van der Waals surface area contributed by atoms with E-state index in [2.05, 4.69) is 5.10 Å². The van der Waals surface area contributed by atoms with Gasteiger partial charge < -0.3 is 10.0 Å². The Labute approximate surface area is 143 Å². The van der Waals surface area contributed by atoms with Gasteiger partial charge in [0.2, 0.25) is 5.91 Å². The van der Waals surface area contributed by atoms with E-state index in [0.29, 0.717) is 19.5 Å². The topological polar surface area (TPSA) is 58.4 Å². The molecule has 1 N–H and O–H groups in total. The summed E-state index contributed by atoms with van der Waals surface area (Å²) in [6, 6.07) is 9.87. The quantitative estimate of drug-likeness (QED) is 0.847. The number of hydrogen-bond acceptors (Lipinski definition) is 3. The molecule has 1 heterocycles. The number of amides is 1. The average Bonchev–Trinajstić information content (AvgIpc) is 2.81.